The predicted octanol–water partition coefficient (Wildman–Crippen LogP) is 0.217. The van der Waals surface area contributed by atoms with Crippen molar-refractivity contribution in [2.75, 3.05) is 13.2 Å². The van der Waals surface area contributed by atoms with Gasteiger partial charge in [-0.3, -0.25) is 4.79 Å². The van der Waals surface area contributed by atoms with Gasteiger partial charge in [0, 0.05) is 26.4 Å². The highest BCUT2D eigenvalue weighted by molar-refractivity contribution is 7.89. The Morgan fingerprint density at radius 1 is 1.50 bits per heavy atom. The lowest BCUT2D eigenvalue weighted by Gasteiger charge is -2.24. The average molecular weight is 303 g/mol. The van der Waals surface area contributed by atoms with E-state index >= 15 is 0 Å². The zero-order valence-corrected chi connectivity index (χ0v) is 13.0. The van der Waals surface area contributed by atoms with Gasteiger partial charge in [0.15, 0.2) is 0 Å². The normalized spacial score (nSPS) is 12.4. The number of nitrogens with zero attached hydrogens (tertiary/aromatic N) is 1. The molecule has 3 N–H and O–H groups in total. The summed E-state index contributed by atoms with van der Waals surface area (Å²) in [5, 5.41) is 7.74. The van der Waals surface area contributed by atoms with Crippen LogP contribution in [0, 0.1) is 0 Å². The van der Waals surface area contributed by atoms with E-state index in [0.29, 0.717) is 13.2 Å². The summed E-state index contributed by atoms with van der Waals surface area (Å²) in [4.78, 5) is 11.9. The van der Waals surface area contributed by atoms with E-state index in [1.54, 1.807) is 7.05 Å². The molecule has 1 rings (SSSR count). The Hall–Kier alpha value is -1.38. The monoisotopic (exact) mass is 303 g/mol. The van der Waals surface area contributed by atoms with Crippen LogP contribution in [0.1, 0.15) is 31.3 Å². The van der Waals surface area contributed by atoms with Gasteiger partial charge >= 0.3 is 0 Å². The largest absolute Gasteiger partial charge is 0.374 e. The molecule has 1 heterocycles. The van der Waals surface area contributed by atoms with Gasteiger partial charge in [0.2, 0.25) is 10.0 Å². The van der Waals surface area contributed by atoms with Crippen LogP contribution in [-0.2, 0) is 21.8 Å². The van der Waals surface area contributed by atoms with E-state index < -0.39 is 15.6 Å². The lowest BCUT2D eigenvalue weighted by molar-refractivity contribution is -0.00820. The van der Waals surface area contributed by atoms with Crippen LogP contribution in [0.2, 0.25) is 0 Å². The smallest absolute Gasteiger partial charge is 0.268 e. The quantitative estimate of drug-likeness (QED) is 0.784. The van der Waals surface area contributed by atoms with Crippen molar-refractivity contribution in [1.29, 1.82) is 0 Å². The molecule has 8 heteroatoms. The zero-order valence-electron chi connectivity index (χ0n) is 12.1. The Balaban J connectivity index is 2.81. The minimum atomic E-state index is -3.82. The molecule has 0 saturated carbocycles. The number of carbonyl (C=O) groups excluding carboxylic acids is 1. The summed E-state index contributed by atoms with van der Waals surface area (Å²) in [6.45, 7) is 6.45. The number of hydrogen-bond donors (Lipinski definition) is 2. The first-order valence-corrected chi connectivity index (χ1v) is 7.73. The predicted molar refractivity (Wildman–Crippen MR) is 74.8 cm³/mol. The van der Waals surface area contributed by atoms with Crippen molar-refractivity contribution in [3.63, 3.8) is 0 Å². The molecule has 7 nitrogen and oxygen atoms in total. The number of amides is 1. The Labute approximate surface area is 119 Å². The zero-order chi connectivity index (χ0) is 15.6. The summed E-state index contributed by atoms with van der Waals surface area (Å²) in [5.74, 6) is -0.379. The highest BCUT2D eigenvalue weighted by Gasteiger charge is 2.21. The lowest BCUT2D eigenvalue weighted by Crippen LogP contribution is -2.40. The van der Waals surface area contributed by atoms with E-state index in [1.165, 1.54) is 16.8 Å². The lowest BCUT2D eigenvalue weighted by atomic mass is 10.1. The minimum Gasteiger partial charge on any atom is -0.374 e. The number of aromatic nitrogens is 1. The van der Waals surface area contributed by atoms with Crippen LogP contribution in [0.25, 0.3) is 0 Å². The fourth-order valence-corrected chi connectivity index (χ4v) is 2.32. The molecular weight excluding hydrogens is 282 g/mol. The standard InChI is InChI=1S/C12H21N3O4S/c1-5-19-12(2,3)8-14-11(16)10-6-9(7-15(10)4)20(13,17)18/h6-7H,5,8H2,1-4H3,(H,14,16)(H2,13,17,18). The van der Waals surface area contributed by atoms with Crippen molar-refractivity contribution < 1.29 is 17.9 Å². The number of ether oxygens (including phenoxy) is 1. The maximum absolute atomic E-state index is 12.0. The summed E-state index contributed by atoms with van der Waals surface area (Å²) >= 11 is 0. The van der Waals surface area contributed by atoms with E-state index in [-0.39, 0.29) is 16.5 Å². The molecule has 1 amide bonds. The van der Waals surface area contributed by atoms with Gasteiger partial charge < -0.3 is 14.6 Å². The third kappa shape index (κ3) is 4.32. The average Bonchev–Trinajstić information content (AvgIpc) is 2.68. The summed E-state index contributed by atoms with van der Waals surface area (Å²) < 4.78 is 29.4. The fraction of sp³-hybridized carbons (Fsp3) is 0.583. The topological polar surface area (TPSA) is 103 Å². The van der Waals surface area contributed by atoms with E-state index in [4.69, 9.17) is 9.88 Å². The third-order valence-corrected chi connectivity index (χ3v) is 3.63. The number of primary sulfonamides is 1. The molecule has 0 unspecified atom stereocenters. The number of sulfonamides is 1. The maximum atomic E-state index is 12.0. The van der Waals surface area contributed by atoms with E-state index in [1.807, 2.05) is 20.8 Å². The van der Waals surface area contributed by atoms with Crippen LogP contribution >= 0.6 is 0 Å². The van der Waals surface area contributed by atoms with Gasteiger partial charge in [0.1, 0.15) is 10.6 Å². The Kier molecular flexibility index (Phi) is 4.95. The molecule has 0 saturated heterocycles. The van der Waals surface area contributed by atoms with E-state index in [0.717, 1.165) is 0 Å². The number of hydrogen-bond acceptors (Lipinski definition) is 4. The summed E-state index contributed by atoms with van der Waals surface area (Å²) in [6.07, 6.45) is 1.30. The summed E-state index contributed by atoms with van der Waals surface area (Å²) in [5.41, 5.74) is -0.264. The van der Waals surface area contributed by atoms with Gasteiger partial charge in [0.05, 0.1) is 5.60 Å². The molecule has 0 radical (unpaired) electrons. The highest BCUT2D eigenvalue weighted by atomic mass is 32.2. The Bertz CT molecular complexity index is 590. The Morgan fingerprint density at radius 3 is 2.55 bits per heavy atom. The van der Waals surface area contributed by atoms with Crippen LogP contribution in [-0.4, -0.2) is 37.6 Å². The van der Waals surface area contributed by atoms with Crippen molar-refractivity contribution in [2.24, 2.45) is 12.2 Å². The van der Waals surface area contributed by atoms with Crippen LogP contribution in [0.4, 0.5) is 0 Å². The number of nitrogens with two attached hydrogens (primary N) is 1. The van der Waals surface area contributed by atoms with Gasteiger partial charge in [-0.05, 0) is 26.8 Å². The second-order valence-corrected chi connectivity index (χ2v) is 6.65. The van der Waals surface area contributed by atoms with Crippen molar-refractivity contribution in [3.8, 4) is 0 Å². The van der Waals surface area contributed by atoms with Gasteiger partial charge in [0.25, 0.3) is 5.91 Å². The number of rotatable bonds is 6. The van der Waals surface area contributed by atoms with Gasteiger partial charge in [-0.1, -0.05) is 0 Å². The number of carbonyl (C=O) groups is 1. The van der Waals surface area contributed by atoms with E-state index in [9.17, 15) is 13.2 Å². The minimum absolute atomic E-state index is 0.0887. The molecule has 0 aliphatic carbocycles. The summed E-state index contributed by atoms with van der Waals surface area (Å²) in [6, 6.07) is 1.25. The van der Waals surface area contributed by atoms with Gasteiger partial charge in [-0.15, -0.1) is 0 Å². The number of aryl methyl sites for hydroxylation is 1. The van der Waals surface area contributed by atoms with Gasteiger partial charge in [-0.2, -0.15) is 0 Å². The molecular formula is C12H21N3O4S. The molecule has 0 atom stereocenters. The molecule has 20 heavy (non-hydrogen) atoms. The maximum Gasteiger partial charge on any atom is 0.268 e. The van der Waals surface area contributed by atoms with Crippen LogP contribution in [0.15, 0.2) is 17.2 Å². The molecule has 1 aromatic heterocycles. The molecule has 0 spiro atoms. The number of nitrogens with one attached hydrogen (secondary N) is 1. The van der Waals surface area contributed by atoms with Gasteiger partial charge in [-0.25, -0.2) is 13.6 Å². The van der Waals surface area contributed by atoms with Crippen LogP contribution < -0.4 is 10.5 Å². The molecule has 1 aromatic rings. The van der Waals surface area contributed by atoms with Crippen molar-refractivity contribution in [2.45, 2.75) is 31.3 Å². The van der Waals surface area contributed by atoms with Crippen molar-refractivity contribution in [3.05, 3.63) is 18.0 Å². The highest BCUT2D eigenvalue weighted by Crippen LogP contribution is 2.12. The second-order valence-electron chi connectivity index (χ2n) is 5.09. The molecule has 0 aromatic carbocycles. The van der Waals surface area contributed by atoms with Crippen molar-refractivity contribution >= 4 is 15.9 Å². The van der Waals surface area contributed by atoms with Crippen molar-refractivity contribution in [1.82, 2.24) is 9.88 Å². The molecule has 0 fully saturated rings. The molecule has 114 valence electrons. The SMILES string of the molecule is CCOC(C)(C)CNC(=O)c1cc(S(N)(=O)=O)cn1C. The van der Waals surface area contributed by atoms with Crippen LogP contribution in [0.3, 0.4) is 0 Å². The molecule has 0 bridgehead atoms. The van der Waals surface area contributed by atoms with E-state index in [2.05, 4.69) is 5.32 Å². The summed E-state index contributed by atoms with van der Waals surface area (Å²) in [7, 11) is -2.23. The molecule has 0 aliphatic heterocycles. The first-order chi connectivity index (χ1) is 9.07. The van der Waals surface area contributed by atoms with Crippen LogP contribution in [0.5, 0.6) is 0 Å². The Morgan fingerprint density at radius 2 is 2.10 bits per heavy atom. The first kappa shape index (κ1) is 16.7. The first-order valence-electron chi connectivity index (χ1n) is 6.18. The third-order valence-electron chi connectivity index (χ3n) is 2.75. The molecule has 0 aliphatic rings. The second kappa shape index (κ2) is 5.94. The fourth-order valence-electron chi connectivity index (χ4n) is 1.74.